The number of nitrogens with zero attached hydrogens (tertiary/aromatic N) is 2. The van der Waals surface area contributed by atoms with E-state index >= 15 is 0 Å². The lowest BCUT2D eigenvalue weighted by Crippen LogP contribution is -2.37. The van der Waals surface area contributed by atoms with Gasteiger partial charge in [-0.05, 0) is 72.9 Å². The van der Waals surface area contributed by atoms with Gasteiger partial charge >= 0.3 is 0 Å². The van der Waals surface area contributed by atoms with Crippen LogP contribution < -0.4 is 0 Å². The predicted octanol–water partition coefficient (Wildman–Crippen LogP) is 4.65. The summed E-state index contributed by atoms with van der Waals surface area (Å²) >= 11 is 0. The number of hydrogen-bond acceptors (Lipinski definition) is 3. The standard InChI is InChI=1S/C27H33FN2O2/c1-20(31)30-16-10-21(11-17-30)4-9-27(32)25-6-5-23-12-14-29(15-13-24(23)18-25)19-22-2-7-26(28)8-3-22/h2-3,5-8,18,21H,4,9-17,19H2,1H3. The first-order valence-electron chi connectivity index (χ1n) is 11.9. The number of carbonyl (C=O) groups is 2. The molecule has 0 atom stereocenters. The second-order valence-corrected chi connectivity index (χ2v) is 9.30. The van der Waals surface area contributed by atoms with E-state index in [0.29, 0.717) is 12.3 Å². The molecular weight excluding hydrogens is 403 g/mol. The van der Waals surface area contributed by atoms with E-state index in [-0.39, 0.29) is 17.5 Å². The molecule has 4 rings (SSSR count). The fourth-order valence-electron chi connectivity index (χ4n) is 4.97. The van der Waals surface area contributed by atoms with Crippen LogP contribution >= 0.6 is 0 Å². The summed E-state index contributed by atoms with van der Waals surface area (Å²) in [5.41, 5.74) is 4.58. The lowest BCUT2D eigenvalue weighted by atomic mass is 9.89. The summed E-state index contributed by atoms with van der Waals surface area (Å²) in [5, 5.41) is 0. The van der Waals surface area contributed by atoms with Crippen molar-refractivity contribution in [1.82, 2.24) is 9.80 Å². The molecule has 32 heavy (non-hydrogen) atoms. The lowest BCUT2D eigenvalue weighted by Gasteiger charge is -2.31. The van der Waals surface area contributed by atoms with Crippen LogP contribution in [0.4, 0.5) is 4.39 Å². The van der Waals surface area contributed by atoms with Gasteiger partial charge in [0.1, 0.15) is 5.82 Å². The number of likely N-dealkylation sites (tertiary alicyclic amines) is 1. The summed E-state index contributed by atoms with van der Waals surface area (Å²) in [6.45, 7) is 6.00. The van der Waals surface area contributed by atoms with Gasteiger partial charge in [0.25, 0.3) is 0 Å². The molecule has 170 valence electrons. The van der Waals surface area contributed by atoms with Crippen molar-refractivity contribution in [1.29, 1.82) is 0 Å². The molecule has 5 heteroatoms. The molecule has 0 spiro atoms. The number of benzene rings is 2. The Morgan fingerprint density at radius 3 is 2.31 bits per heavy atom. The highest BCUT2D eigenvalue weighted by Crippen LogP contribution is 2.24. The van der Waals surface area contributed by atoms with Gasteiger partial charge in [-0.1, -0.05) is 24.3 Å². The second kappa shape index (κ2) is 10.4. The summed E-state index contributed by atoms with van der Waals surface area (Å²) in [5.74, 6) is 0.723. The molecule has 2 aliphatic heterocycles. The van der Waals surface area contributed by atoms with Crippen molar-refractivity contribution in [2.24, 2.45) is 5.92 Å². The van der Waals surface area contributed by atoms with Crippen molar-refractivity contribution in [3.05, 3.63) is 70.5 Å². The third-order valence-corrected chi connectivity index (χ3v) is 7.08. The van der Waals surface area contributed by atoms with E-state index in [1.807, 2.05) is 23.1 Å². The molecule has 0 radical (unpaired) electrons. The average Bonchev–Trinajstić information content (AvgIpc) is 3.01. The quantitative estimate of drug-likeness (QED) is 0.619. The van der Waals surface area contributed by atoms with Crippen LogP contribution in [-0.4, -0.2) is 47.7 Å². The van der Waals surface area contributed by atoms with Crippen molar-refractivity contribution in [2.75, 3.05) is 26.2 Å². The van der Waals surface area contributed by atoms with E-state index < -0.39 is 0 Å². The number of rotatable bonds is 6. The van der Waals surface area contributed by atoms with E-state index in [9.17, 15) is 14.0 Å². The molecule has 0 saturated carbocycles. The Kier molecular flexibility index (Phi) is 7.36. The van der Waals surface area contributed by atoms with E-state index in [4.69, 9.17) is 0 Å². The predicted molar refractivity (Wildman–Crippen MR) is 124 cm³/mol. The Morgan fingerprint density at radius 1 is 0.938 bits per heavy atom. The van der Waals surface area contributed by atoms with Crippen LogP contribution in [-0.2, 0) is 24.2 Å². The van der Waals surface area contributed by atoms with Crippen LogP contribution in [0, 0.1) is 11.7 Å². The molecule has 1 fully saturated rings. The average molecular weight is 437 g/mol. The molecule has 4 nitrogen and oxygen atoms in total. The molecule has 0 N–H and O–H groups in total. The molecule has 0 unspecified atom stereocenters. The maximum atomic E-state index is 13.2. The number of Topliss-reactive ketones (excluding diaryl/α,β-unsaturated/α-hetero) is 1. The SMILES string of the molecule is CC(=O)N1CCC(CCC(=O)c2ccc3c(c2)CCN(Cc2ccc(F)cc2)CC3)CC1. The first-order valence-corrected chi connectivity index (χ1v) is 11.9. The highest BCUT2D eigenvalue weighted by atomic mass is 19.1. The molecule has 1 saturated heterocycles. The molecule has 2 heterocycles. The van der Waals surface area contributed by atoms with Crippen molar-refractivity contribution < 1.29 is 14.0 Å². The Morgan fingerprint density at radius 2 is 1.62 bits per heavy atom. The highest BCUT2D eigenvalue weighted by Gasteiger charge is 2.22. The van der Waals surface area contributed by atoms with Gasteiger partial charge in [0.15, 0.2) is 5.78 Å². The topological polar surface area (TPSA) is 40.6 Å². The van der Waals surface area contributed by atoms with Gasteiger partial charge in [0.2, 0.25) is 5.91 Å². The Balaban J connectivity index is 1.29. The highest BCUT2D eigenvalue weighted by molar-refractivity contribution is 5.96. The summed E-state index contributed by atoms with van der Waals surface area (Å²) < 4.78 is 13.2. The van der Waals surface area contributed by atoms with Crippen LogP contribution in [0.1, 0.15) is 59.7 Å². The van der Waals surface area contributed by atoms with Crippen molar-refractivity contribution in [2.45, 2.75) is 52.0 Å². The molecule has 0 bridgehead atoms. The van der Waals surface area contributed by atoms with E-state index in [1.165, 1.54) is 23.3 Å². The molecule has 2 aliphatic rings. The normalized spacial score (nSPS) is 17.6. The zero-order valence-electron chi connectivity index (χ0n) is 19.0. The number of amides is 1. The fraction of sp³-hybridized carbons (Fsp3) is 0.481. The van der Waals surface area contributed by atoms with Gasteiger partial charge in [-0.3, -0.25) is 14.5 Å². The molecule has 0 aliphatic carbocycles. The van der Waals surface area contributed by atoms with Crippen molar-refractivity contribution >= 4 is 11.7 Å². The molecular formula is C27H33FN2O2. The summed E-state index contributed by atoms with van der Waals surface area (Å²) in [6, 6.07) is 13.0. The largest absolute Gasteiger partial charge is 0.343 e. The zero-order chi connectivity index (χ0) is 22.5. The minimum atomic E-state index is -0.198. The van der Waals surface area contributed by atoms with Crippen LogP contribution in [0.5, 0.6) is 0 Å². The number of fused-ring (bicyclic) bond motifs is 1. The number of piperidine rings is 1. The van der Waals surface area contributed by atoms with Crippen LogP contribution in [0.15, 0.2) is 42.5 Å². The molecule has 2 aromatic rings. The monoisotopic (exact) mass is 436 g/mol. The van der Waals surface area contributed by atoms with Crippen molar-refractivity contribution in [3.8, 4) is 0 Å². The first kappa shape index (κ1) is 22.7. The summed E-state index contributed by atoms with van der Waals surface area (Å²) in [4.78, 5) is 28.6. The third-order valence-electron chi connectivity index (χ3n) is 7.08. The smallest absolute Gasteiger partial charge is 0.219 e. The minimum Gasteiger partial charge on any atom is -0.343 e. The van der Waals surface area contributed by atoms with E-state index in [0.717, 1.165) is 76.0 Å². The van der Waals surface area contributed by atoms with Gasteiger partial charge in [-0.15, -0.1) is 0 Å². The van der Waals surface area contributed by atoms with Gasteiger partial charge in [-0.2, -0.15) is 0 Å². The van der Waals surface area contributed by atoms with Crippen molar-refractivity contribution in [3.63, 3.8) is 0 Å². The Labute approximate surface area is 190 Å². The number of ketones is 1. The van der Waals surface area contributed by atoms with E-state index in [1.54, 1.807) is 6.92 Å². The number of halogens is 1. The maximum absolute atomic E-state index is 13.2. The molecule has 2 aromatic carbocycles. The lowest BCUT2D eigenvalue weighted by molar-refractivity contribution is -0.130. The minimum absolute atomic E-state index is 0.153. The van der Waals surface area contributed by atoms with Gasteiger partial charge < -0.3 is 4.90 Å². The fourth-order valence-corrected chi connectivity index (χ4v) is 4.97. The third kappa shape index (κ3) is 5.83. The van der Waals surface area contributed by atoms with Gasteiger partial charge in [-0.25, -0.2) is 4.39 Å². The number of carbonyl (C=O) groups excluding carboxylic acids is 2. The van der Waals surface area contributed by atoms with Gasteiger partial charge in [0, 0.05) is 51.6 Å². The second-order valence-electron chi connectivity index (χ2n) is 9.30. The van der Waals surface area contributed by atoms with Crippen LogP contribution in [0.3, 0.4) is 0 Å². The maximum Gasteiger partial charge on any atom is 0.219 e. The Hall–Kier alpha value is -2.53. The summed E-state index contributed by atoms with van der Waals surface area (Å²) in [7, 11) is 0. The summed E-state index contributed by atoms with van der Waals surface area (Å²) in [6.07, 6.45) is 5.40. The molecule has 0 aromatic heterocycles. The first-order chi connectivity index (χ1) is 15.5. The van der Waals surface area contributed by atoms with Gasteiger partial charge in [0.05, 0.1) is 0 Å². The Bertz CT molecular complexity index is 949. The van der Waals surface area contributed by atoms with Crippen LogP contribution in [0.2, 0.25) is 0 Å². The molecule has 1 amide bonds. The van der Waals surface area contributed by atoms with Crippen LogP contribution in [0.25, 0.3) is 0 Å². The van der Waals surface area contributed by atoms with E-state index in [2.05, 4.69) is 17.0 Å². The zero-order valence-corrected chi connectivity index (χ0v) is 19.0. The number of hydrogen-bond donors (Lipinski definition) is 0.